The molecule has 0 N–H and O–H groups in total. The van der Waals surface area contributed by atoms with Gasteiger partial charge in [0.2, 0.25) is 0 Å². The van der Waals surface area contributed by atoms with E-state index in [9.17, 15) is 4.79 Å². The molecule has 2 fully saturated rings. The standard InChI is InChI=1S/C21H25NO3/c23-20(19-7-4-13-24-19)22-11-9-21(10-12-22)16-18(8-14-25-21)15-17-5-2-1-3-6-17/h1-7,13,18H,8-12,14-16H2. The van der Waals surface area contributed by atoms with Crippen LogP contribution >= 0.6 is 0 Å². The van der Waals surface area contributed by atoms with Crippen LogP contribution < -0.4 is 0 Å². The Bertz CT molecular complexity index is 687. The van der Waals surface area contributed by atoms with Gasteiger partial charge in [-0.1, -0.05) is 30.3 Å². The van der Waals surface area contributed by atoms with Crippen LogP contribution in [0.25, 0.3) is 0 Å². The highest BCUT2D eigenvalue weighted by molar-refractivity contribution is 5.91. The van der Waals surface area contributed by atoms with E-state index in [1.165, 1.54) is 5.56 Å². The van der Waals surface area contributed by atoms with Gasteiger partial charge in [-0.2, -0.15) is 0 Å². The summed E-state index contributed by atoms with van der Waals surface area (Å²) in [6, 6.07) is 14.2. The highest BCUT2D eigenvalue weighted by atomic mass is 16.5. The summed E-state index contributed by atoms with van der Waals surface area (Å²) in [4.78, 5) is 14.3. The molecule has 1 unspecified atom stereocenters. The van der Waals surface area contributed by atoms with E-state index in [2.05, 4.69) is 30.3 Å². The molecule has 25 heavy (non-hydrogen) atoms. The Morgan fingerprint density at radius 1 is 1.12 bits per heavy atom. The van der Waals surface area contributed by atoms with Crippen molar-refractivity contribution in [2.45, 2.75) is 37.7 Å². The zero-order valence-electron chi connectivity index (χ0n) is 14.5. The lowest BCUT2D eigenvalue weighted by Crippen LogP contribution is -2.51. The number of rotatable bonds is 3. The molecular weight excluding hydrogens is 314 g/mol. The predicted octanol–water partition coefficient (Wildman–Crippen LogP) is 3.92. The molecule has 0 saturated carbocycles. The van der Waals surface area contributed by atoms with Crippen LogP contribution in [0.3, 0.4) is 0 Å². The van der Waals surface area contributed by atoms with Crippen LogP contribution in [-0.4, -0.2) is 36.1 Å². The molecule has 0 bridgehead atoms. The van der Waals surface area contributed by atoms with Crippen LogP contribution in [0.2, 0.25) is 0 Å². The molecule has 132 valence electrons. The van der Waals surface area contributed by atoms with Crippen LogP contribution in [0.1, 0.15) is 41.8 Å². The molecule has 2 aliphatic heterocycles. The first-order valence-corrected chi connectivity index (χ1v) is 9.25. The lowest BCUT2D eigenvalue weighted by molar-refractivity contribution is -0.123. The van der Waals surface area contributed by atoms with Crippen molar-refractivity contribution < 1.29 is 13.9 Å². The fourth-order valence-electron chi connectivity index (χ4n) is 4.27. The minimum Gasteiger partial charge on any atom is -0.459 e. The van der Waals surface area contributed by atoms with Crippen LogP contribution in [0.5, 0.6) is 0 Å². The van der Waals surface area contributed by atoms with Crippen molar-refractivity contribution in [1.29, 1.82) is 0 Å². The first kappa shape index (κ1) is 16.4. The Kier molecular flexibility index (Phi) is 4.62. The number of hydrogen-bond donors (Lipinski definition) is 0. The van der Waals surface area contributed by atoms with Crippen LogP contribution in [-0.2, 0) is 11.2 Å². The Balaban J connectivity index is 1.36. The van der Waals surface area contributed by atoms with E-state index in [0.29, 0.717) is 11.7 Å². The monoisotopic (exact) mass is 339 g/mol. The fourth-order valence-corrected chi connectivity index (χ4v) is 4.27. The Hall–Kier alpha value is -2.07. The molecule has 0 aliphatic carbocycles. The van der Waals surface area contributed by atoms with E-state index in [-0.39, 0.29) is 11.5 Å². The lowest BCUT2D eigenvalue weighted by Gasteiger charge is -2.46. The molecule has 3 heterocycles. The van der Waals surface area contributed by atoms with Gasteiger partial charge in [0.25, 0.3) is 5.91 Å². The van der Waals surface area contributed by atoms with E-state index in [4.69, 9.17) is 9.15 Å². The number of carbonyl (C=O) groups excluding carboxylic acids is 1. The number of piperidine rings is 1. The second-order valence-corrected chi connectivity index (χ2v) is 7.35. The van der Waals surface area contributed by atoms with E-state index >= 15 is 0 Å². The number of hydrogen-bond acceptors (Lipinski definition) is 3. The molecule has 2 aliphatic rings. The van der Waals surface area contributed by atoms with Crippen molar-refractivity contribution in [1.82, 2.24) is 4.90 Å². The summed E-state index contributed by atoms with van der Waals surface area (Å²) in [7, 11) is 0. The summed E-state index contributed by atoms with van der Waals surface area (Å²) in [5.74, 6) is 1.10. The third-order valence-electron chi connectivity index (χ3n) is 5.66. The van der Waals surface area contributed by atoms with Crippen molar-refractivity contribution >= 4 is 5.91 Å². The minimum absolute atomic E-state index is 0.00325. The number of ether oxygens (including phenoxy) is 1. The molecule has 1 aromatic heterocycles. The van der Waals surface area contributed by atoms with Gasteiger partial charge in [-0.15, -0.1) is 0 Å². The van der Waals surface area contributed by atoms with Crippen molar-refractivity contribution in [3.63, 3.8) is 0 Å². The molecule has 1 spiro atoms. The topological polar surface area (TPSA) is 42.7 Å². The number of likely N-dealkylation sites (tertiary alicyclic amines) is 1. The number of nitrogens with zero attached hydrogens (tertiary/aromatic N) is 1. The maximum Gasteiger partial charge on any atom is 0.289 e. The first-order chi connectivity index (χ1) is 12.2. The molecule has 0 radical (unpaired) electrons. The quantitative estimate of drug-likeness (QED) is 0.851. The number of benzene rings is 1. The summed E-state index contributed by atoms with van der Waals surface area (Å²) < 4.78 is 11.5. The molecular formula is C21H25NO3. The Labute approximate surface area is 148 Å². The number of carbonyl (C=O) groups is 1. The predicted molar refractivity (Wildman–Crippen MR) is 95.4 cm³/mol. The van der Waals surface area contributed by atoms with Gasteiger partial charge in [0.15, 0.2) is 5.76 Å². The highest BCUT2D eigenvalue weighted by Crippen LogP contribution is 2.39. The Morgan fingerprint density at radius 3 is 2.64 bits per heavy atom. The van der Waals surface area contributed by atoms with Crippen molar-refractivity contribution in [2.24, 2.45) is 5.92 Å². The summed E-state index contributed by atoms with van der Waals surface area (Å²) in [6.07, 6.45) is 6.75. The third kappa shape index (κ3) is 3.64. The summed E-state index contributed by atoms with van der Waals surface area (Å²) >= 11 is 0. The van der Waals surface area contributed by atoms with Gasteiger partial charge in [-0.3, -0.25) is 4.79 Å². The molecule has 1 atom stereocenters. The average molecular weight is 339 g/mol. The van der Waals surface area contributed by atoms with E-state index in [1.54, 1.807) is 18.4 Å². The molecule has 4 heteroatoms. The fraction of sp³-hybridized carbons (Fsp3) is 0.476. The number of amides is 1. The first-order valence-electron chi connectivity index (χ1n) is 9.25. The third-order valence-corrected chi connectivity index (χ3v) is 5.66. The smallest absolute Gasteiger partial charge is 0.289 e. The average Bonchev–Trinajstić information content (AvgIpc) is 3.18. The lowest BCUT2D eigenvalue weighted by atomic mass is 9.77. The van der Waals surface area contributed by atoms with Crippen LogP contribution in [0.4, 0.5) is 0 Å². The highest BCUT2D eigenvalue weighted by Gasteiger charge is 2.41. The van der Waals surface area contributed by atoms with Crippen LogP contribution in [0.15, 0.2) is 53.1 Å². The van der Waals surface area contributed by atoms with Gasteiger partial charge in [-0.05, 0) is 55.7 Å². The largest absolute Gasteiger partial charge is 0.459 e. The van der Waals surface area contributed by atoms with Gasteiger partial charge >= 0.3 is 0 Å². The van der Waals surface area contributed by atoms with Crippen molar-refractivity contribution in [3.8, 4) is 0 Å². The van der Waals surface area contributed by atoms with Gasteiger partial charge in [0.1, 0.15) is 0 Å². The SMILES string of the molecule is O=C(c1ccco1)N1CCC2(CC1)CC(Cc1ccccc1)CCO2. The molecule has 1 amide bonds. The molecule has 4 nitrogen and oxygen atoms in total. The summed E-state index contributed by atoms with van der Waals surface area (Å²) in [5.41, 5.74) is 1.37. The van der Waals surface area contributed by atoms with Crippen molar-refractivity contribution in [2.75, 3.05) is 19.7 Å². The molecule has 4 rings (SSSR count). The molecule has 2 saturated heterocycles. The minimum atomic E-state index is -0.0440. The maximum absolute atomic E-state index is 12.4. The molecule has 2 aromatic rings. The van der Waals surface area contributed by atoms with Crippen LogP contribution in [0, 0.1) is 5.92 Å². The van der Waals surface area contributed by atoms with Gasteiger partial charge in [-0.25, -0.2) is 0 Å². The van der Waals surface area contributed by atoms with E-state index in [0.717, 1.165) is 51.8 Å². The normalized spacial score (nSPS) is 22.9. The zero-order valence-corrected chi connectivity index (χ0v) is 14.5. The van der Waals surface area contributed by atoms with Gasteiger partial charge in [0.05, 0.1) is 11.9 Å². The van der Waals surface area contributed by atoms with Gasteiger partial charge in [0, 0.05) is 19.7 Å². The van der Waals surface area contributed by atoms with Gasteiger partial charge < -0.3 is 14.1 Å². The number of furan rings is 1. The molecule has 1 aromatic carbocycles. The Morgan fingerprint density at radius 2 is 1.92 bits per heavy atom. The summed E-state index contributed by atoms with van der Waals surface area (Å²) in [5, 5.41) is 0. The van der Waals surface area contributed by atoms with Crippen molar-refractivity contribution in [3.05, 3.63) is 60.1 Å². The van der Waals surface area contributed by atoms with E-state index < -0.39 is 0 Å². The zero-order chi connectivity index (χ0) is 17.1. The second-order valence-electron chi connectivity index (χ2n) is 7.35. The van der Waals surface area contributed by atoms with E-state index in [1.807, 2.05) is 4.90 Å². The summed E-state index contributed by atoms with van der Waals surface area (Å²) in [6.45, 7) is 2.33. The second kappa shape index (κ2) is 7.04. The maximum atomic E-state index is 12.4.